The standard InChI is InChI=1S/C20H22N2O3S/c1-24-18-9-5-6-15(10-18)19(23)12-21-11-16-14-26-20(22-16)13-25-17-7-3-2-4-8-17/h2-10,14,19,21,23H,11-13H2,1H3. The molecule has 1 heterocycles. The quantitative estimate of drug-likeness (QED) is 0.603. The first-order chi connectivity index (χ1) is 12.7. The molecule has 3 rings (SSSR count). The lowest BCUT2D eigenvalue weighted by Gasteiger charge is -2.12. The Labute approximate surface area is 157 Å². The number of benzene rings is 2. The van der Waals surface area contributed by atoms with E-state index in [0.29, 0.717) is 19.7 Å². The number of aliphatic hydroxyl groups excluding tert-OH is 1. The molecule has 0 aliphatic heterocycles. The zero-order valence-corrected chi connectivity index (χ0v) is 15.4. The minimum atomic E-state index is -0.593. The van der Waals surface area contributed by atoms with Gasteiger partial charge in [0.1, 0.15) is 23.1 Å². The molecule has 1 unspecified atom stereocenters. The van der Waals surface area contributed by atoms with Crippen LogP contribution in [0.15, 0.2) is 60.0 Å². The first-order valence-corrected chi connectivity index (χ1v) is 9.26. The van der Waals surface area contributed by atoms with Crippen LogP contribution in [-0.4, -0.2) is 23.7 Å². The molecule has 1 aromatic heterocycles. The highest BCUT2D eigenvalue weighted by Crippen LogP contribution is 2.19. The van der Waals surface area contributed by atoms with E-state index in [-0.39, 0.29) is 0 Å². The maximum Gasteiger partial charge on any atom is 0.140 e. The summed E-state index contributed by atoms with van der Waals surface area (Å²) in [7, 11) is 1.62. The van der Waals surface area contributed by atoms with E-state index in [9.17, 15) is 5.11 Å². The Morgan fingerprint density at radius 2 is 1.92 bits per heavy atom. The maximum atomic E-state index is 10.3. The molecule has 0 saturated carbocycles. The van der Waals surface area contributed by atoms with Gasteiger partial charge in [0.2, 0.25) is 0 Å². The zero-order chi connectivity index (χ0) is 18.2. The van der Waals surface area contributed by atoms with Crippen LogP contribution in [-0.2, 0) is 13.2 Å². The van der Waals surface area contributed by atoms with E-state index < -0.39 is 6.10 Å². The second-order valence-electron chi connectivity index (χ2n) is 5.76. The topological polar surface area (TPSA) is 63.6 Å². The Kier molecular flexibility index (Phi) is 6.60. The Balaban J connectivity index is 1.44. The lowest BCUT2D eigenvalue weighted by molar-refractivity contribution is 0.174. The number of aliphatic hydroxyl groups is 1. The third kappa shape index (κ3) is 5.29. The fourth-order valence-electron chi connectivity index (χ4n) is 2.46. The smallest absolute Gasteiger partial charge is 0.140 e. The fourth-order valence-corrected chi connectivity index (χ4v) is 3.17. The van der Waals surface area contributed by atoms with Crippen molar-refractivity contribution in [3.05, 3.63) is 76.2 Å². The molecule has 1 atom stereocenters. The minimum Gasteiger partial charge on any atom is -0.497 e. The van der Waals surface area contributed by atoms with Crippen molar-refractivity contribution < 1.29 is 14.6 Å². The van der Waals surface area contributed by atoms with Gasteiger partial charge in [-0.05, 0) is 29.8 Å². The van der Waals surface area contributed by atoms with Crippen LogP contribution in [0.3, 0.4) is 0 Å². The predicted octanol–water partition coefficient (Wildman–Crippen LogP) is 3.55. The molecule has 5 nitrogen and oxygen atoms in total. The van der Waals surface area contributed by atoms with Gasteiger partial charge in [-0.1, -0.05) is 30.3 Å². The molecule has 0 radical (unpaired) electrons. The Hall–Kier alpha value is -2.41. The summed E-state index contributed by atoms with van der Waals surface area (Å²) in [6.45, 7) is 1.50. The molecule has 3 aromatic rings. The summed E-state index contributed by atoms with van der Waals surface area (Å²) < 4.78 is 10.9. The first-order valence-electron chi connectivity index (χ1n) is 8.38. The lowest BCUT2D eigenvalue weighted by atomic mass is 10.1. The number of ether oxygens (including phenoxy) is 2. The summed E-state index contributed by atoms with van der Waals surface area (Å²) in [6.07, 6.45) is -0.593. The van der Waals surface area contributed by atoms with Gasteiger partial charge in [0.25, 0.3) is 0 Å². The van der Waals surface area contributed by atoms with Crippen molar-refractivity contribution in [2.75, 3.05) is 13.7 Å². The molecular weight excluding hydrogens is 348 g/mol. The van der Waals surface area contributed by atoms with E-state index in [0.717, 1.165) is 27.8 Å². The Bertz CT molecular complexity index is 808. The van der Waals surface area contributed by atoms with Crippen molar-refractivity contribution >= 4 is 11.3 Å². The Morgan fingerprint density at radius 3 is 2.73 bits per heavy atom. The Morgan fingerprint density at radius 1 is 1.12 bits per heavy atom. The van der Waals surface area contributed by atoms with Gasteiger partial charge in [-0.3, -0.25) is 0 Å². The van der Waals surface area contributed by atoms with Crippen LogP contribution in [0.4, 0.5) is 0 Å². The number of aromatic nitrogens is 1. The molecule has 136 valence electrons. The highest BCUT2D eigenvalue weighted by Gasteiger charge is 2.09. The molecule has 0 saturated heterocycles. The number of nitrogens with one attached hydrogen (secondary N) is 1. The van der Waals surface area contributed by atoms with Crippen molar-refractivity contribution in [3.63, 3.8) is 0 Å². The second-order valence-corrected chi connectivity index (χ2v) is 6.70. The average molecular weight is 370 g/mol. The van der Waals surface area contributed by atoms with Crippen LogP contribution >= 0.6 is 11.3 Å². The van der Waals surface area contributed by atoms with Crippen molar-refractivity contribution in [2.24, 2.45) is 0 Å². The van der Waals surface area contributed by atoms with Crippen molar-refractivity contribution in [1.29, 1.82) is 0 Å². The van der Waals surface area contributed by atoms with Gasteiger partial charge in [0.05, 0.1) is 18.9 Å². The predicted molar refractivity (Wildman–Crippen MR) is 103 cm³/mol. The summed E-state index contributed by atoms with van der Waals surface area (Å²) in [6, 6.07) is 17.2. The molecule has 0 aliphatic carbocycles. The number of hydrogen-bond acceptors (Lipinski definition) is 6. The molecule has 26 heavy (non-hydrogen) atoms. The van der Waals surface area contributed by atoms with Crippen LogP contribution in [0.5, 0.6) is 11.5 Å². The largest absolute Gasteiger partial charge is 0.497 e. The third-order valence-corrected chi connectivity index (χ3v) is 4.70. The van der Waals surface area contributed by atoms with Gasteiger partial charge in [0.15, 0.2) is 0 Å². The molecule has 0 bridgehead atoms. The molecule has 0 aliphatic rings. The molecule has 6 heteroatoms. The maximum absolute atomic E-state index is 10.3. The number of methoxy groups -OCH3 is 1. The number of nitrogens with zero attached hydrogens (tertiary/aromatic N) is 1. The number of rotatable bonds is 9. The summed E-state index contributed by atoms with van der Waals surface area (Å²) >= 11 is 1.57. The number of thiazole rings is 1. The van der Waals surface area contributed by atoms with Crippen molar-refractivity contribution in [1.82, 2.24) is 10.3 Å². The highest BCUT2D eigenvalue weighted by atomic mass is 32.1. The SMILES string of the molecule is COc1cccc(C(O)CNCc2csc(COc3ccccc3)n2)c1. The van der Waals surface area contributed by atoms with Gasteiger partial charge >= 0.3 is 0 Å². The molecular formula is C20H22N2O3S. The van der Waals surface area contributed by atoms with Gasteiger partial charge in [-0.15, -0.1) is 11.3 Å². The summed E-state index contributed by atoms with van der Waals surface area (Å²) in [5.74, 6) is 1.58. The van der Waals surface area contributed by atoms with E-state index >= 15 is 0 Å². The van der Waals surface area contributed by atoms with Crippen LogP contribution in [0, 0.1) is 0 Å². The monoisotopic (exact) mass is 370 g/mol. The number of para-hydroxylation sites is 1. The fraction of sp³-hybridized carbons (Fsp3) is 0.250. The molecule has 0 spiro atoms. The van der Waals surface area contributed by atoms with Gasteiger partial charge in [-0.2, -0.15) is 0 Å². The lowest BCUT2D eigenvalue weighted by Crippen LogP contribution is -2.21. The van der Waals surface area contributed by atoms with Crippen LogP contribution in [0.2, 0.25) is 0 Å². The molecule has 0 fully saturated rings. The second kappa shape index (κ2) is 9.33. The van der Waals surface area contributed by atoms with Crippen LogP contribution in [0.25, 0.3) is 0 Å². The van der Waals surface area contributed by atoms with Crippen LogP contribution in [0.1, 0.15) is 22.4 Å². The summed E-state index contributed by atoms with van der Waals surface area (Å²) in [5, 5.41) is 16.5. The van der Waals surface area contributed by atoms with Crippen LogP contribution < -0.4 is 14.8 Å². The minimum absolute atomic E-state index is 0.445. The van der Waals surface area contributed by atoms with Crippen molar-refractivity contribution in [3.8, 4) is 11.5 Å². The van der Waals surface area contributed by atoms with Gasteiger partial charge in [0, 0.05) is 18.5 Å². The zero-order valence-electron chi connectivity index (χ0n) is 14.6. The first kappa shape index (κ1) is 18.4. The van der Waals surface area contributed by atoms with Gasteiger partial charge < -0.3 is 19.9 Å². The van der Waals surface area contributed by atoms with E-state index in [4.69, 9.17) is 9.47 Å². The third-order valence-electron chi connectivity index (χ3n) is 3.83. The highest BCUT2D eigenvalue weighted by molar-refractivity contribution is 7.09. The van der Waals surface area contributed by atoms with E-state index in [2.05, 4.69) is 10.3 Å². The van der Waals surface area contributed by atoms with E-state index in [1.54, 1.807) is 18.4 Å². The molecule has 0 amide bonds. The summed E-state index contributed by atoms with van der Waals surface area (Å²) in [4.78, 5) is 4.55. The van der Waals surface area contributed by atoms with E-state index in [1.807, 2.05) is 60.0 Å². The average Bonchev–Trinajstić information content (AvgIpc) is 3.15. The van der Waals surface area contributed by atoms with Crippen molar-refractivity contribution in [2.45, 2.75) is 19.3 Å². The van der Waals surface area contributed by atoms with E-state index in [1.165, 1.54) is 0 Å². The van der Waals surface area contributed by atoms with Gasteiger partial charge in [-0.25, -0.2) is 4.98 Å². The molecule has 2 aromatic carbocycles. The molecule has 2 N–H and O–H groups in total. The summed E-state index contributed by atoms with van der Waals surface area (Å²) in [5.41, 5.74) is 1.77. The number of hydrogen-bond donors (Lipinski definition) is 2. The normalized spacial score (nSPS) is 11.9.